The van der Waals surface area contributed by atoms with E-state index in [0.717, 1.165) is 17.7 Å². The van der Waals surface area contributed by atoms with Gasteiger partial charge in [-0.3, -0.25) is 4.98 Å². The van der Waals surface area contributed by atoms with Crippen LogP contribution in [-0.4, -0.2) is 25.1 Å². The summed E-state index contributed by atoms with van der Waals surface area (Å²) in [6.45, 7) is -0.199. The average Bonchev–Trinajstić information content (AvgIpc) is 2.48. The van der Waals surface area contributed by atoms with Crippen molar-refractivity contribution in [1.29, 1.82) is 0 Å². The molecule has 0 aliphatic heterocycles. The van der Waals surface area contributed by atoms with Gasteiger partial charge in [-0.25, -0.2) is 17.5 Å². The second-order valence-corrected chi connectivity index (χ2v) is 6.16. The van der Waals surface area contributed by atoms with Crippen molar-refractivity contribution in [2.45, 2.75) is 17.9 Å². The van der Waals surface area contributed by atoms with Crippen molar-refractivity contribution in [2.24, 2.45) is 0 Å². The molecule has 5 nitrogen and oxygen atoms in total. The number of benzene rings is 1. The van der Waals surface area contributed by atoms with E-state index in [9.17, 15) is 12.8 Å². The fourth-order valence-corrected chi connectivity index (χ4v) is 2.97. The second-order valence-electron chi connectivity index (χ2n) is 4.43. The lowest BCUT2D eigenvalue weighted by Crippen LogP contribution is -2.27. The Kier molecular flexibility index (Phi) is 5.00. The molecule has 0 bridgehead atoms. The Hall–Kier alpha value is -1.83. The zero-order valence-electron chi connectivity index (χ0n) is 11.2. The highest BCUT2D eigenvalue weighted by atomic mass is 32.2. The van der Waals surface area contributed by atoms with Gasteiger partial charge in [0.2, 0.25) is 10.0 Å². The minimum atomic E-state index is -3.95. The quantitative estimate of drug-likeness (QED) is 0.841. The van der Waals surface area contributed by atoms with Crippen molar-refractivity contribution >= 4 is 10.0 Å². The normalized spacial score (nSPS) is 11.5. The van der Waals surface area contributed by atoms with Crippen molar-refractivity contribution in [1.82, 2.24) is 9.71 Å². The zero-order valence-corrected chi connectivity index (χ0v) is 12.0. The molecule has 0 aliphatic carbocycles. The van der Waals surface area contributed by atoms with Crippen LogP contribution >= 0.6 is 0 Å². The molecule has 1 aromatic carbocycles. The van der Waals surface area contributed by atoms with Crippen molar-refractivity contribution in [3.05, 3.63) is 59.7 Å². The molecule has 1 aromatic heterocycles. The molecule has 0 saturated heterocycles. The lowest BCUT2D eigenvalue weighted by Gasteiger charge is -2.09. The molecule has 0 fully saturated rings. The van der Waals surface area contributed by atoms with E-state index in [1.165, 1.54) is 6.07 Å². The highest BCUT2D eigenvalue weighted by Gasteiger charge is 2.19. The maximum atomic E-state index is 13.6. The first kappa shape index (κ1) is 15.6. The molecule has 2 rings (SSSR count). The number of hydrogen-bond acceptors (Lipinski definition) is 4. The van der Waals surface area contributed by atoms with Crippen LogP contribution < -0.4 is 4.72 Å². The summed E-state index contributed by atoms with van der Waals surface area (Å²) < 4.78 is 40.1. The number of hydrogen-bond donors (Lipinski definition) is 2. The highest BCUT2D eigenvalue weighted by Crippen LogP contribution is 2.16. The third-order valence-electron chi connectivity index (χ3n) is 2.92. The fraction of sp³-hybridized carbons (Fsp3) is 0.214. The molecule has 2 aromatic rings. The van der Waals surface area contributed by atoms with Crippen LogP contribution in [-0.2, 0) is 23.1 Å². The Morgan fingerprint density at radius 3 is 2.52 bits per heavy atom. The summed E-state index contributed by atoms with van der Waals surface area (Å²) in [5.74, 6) is -0.844. The number of aliphatic hydroxyl groups excluding tert-OH is 1. The van der Waals surface area contributed by atoms with E-state index >= 15 is 0 Å². The van der Waals surface area contributed by atoms with Gasteiger partial charge in [0.05, 0.1) is 6.61 Å². The first-order chi connectivity index (χ1) is 10.0. The van der Waals surface area contributed by atoms with Crippen LogP contribution in [0.3, 0.4) is 0 Å². The van der Waals surface area contributed by atoms with E-state index in [-0.39, 0.29) is 13.2 Å². The molecule has 1 heterocycles. The van der Waals surface area contributed by atoms with E-state index < -0.39 is 20.7 Å². The van der Waals surface area contributed by atoms with Crippen molar-refractivity contribution in [3.63, 3.8) is 0 Å². The van der Waals surface area contributed by atoms with Crippen LogP contribution in [0.4, 0.5) is 4.39 Å². The molecule has 0 radical (unpaired) electrons. The van der Waals surface area contributed by atoms with Gasteiger partial charge in [0.1, 0.15) is 10.7 Å². The van der Waals surface area contributed by atoms with E-state index in [1.807, 2.05) is 0 Å². The molecule has 0 spiro atoms. The van der Waals surface area contributed by atoms with Crippen molar-refractivity contribution in [3.8, 4) is 0 Å². The van der Waals surface area contributed by atoms with Crippen LogP contribution in [0.15, 0.2) is 47.6 Å². The zero-order chi connectivity index (χ0) is 15.3. The molecule has 7 heteroatoms. The third-order valence-corrected chi connectivity index (χ3v) is 4.40. The Bertz CT molecular complexity index is 705. The van der Waals surface area contributed by atoms with Gasteiger partial charge in [0.25, 0.3) is 0 Å². The molecule has 21 heavy (non-hydrogen) atoms. The Morgan fingerprint density at radius 1 is 1.14 bits per heavy atom. The molecular weight excluding hydrogens is 295 g/mol. The van der Waals surface area contributed by atoms with Crippen molar-refractivity contribution in [2.75, 3.05) is 6.54 Å². The molecule has 0 aliphatic rings. The second kappa shape index (κ2) is 6.75. The molecule has 0 amide bonds. The minimum absolute atomic E-state index is 0.148. The first-order valence-corrected chi connectivity index (χ1v) is 7.79. The van der Waals surface area contributed by atoms with Gasteiger partial charge in [-0.05, 0) is 41.8 Å². The lowest BCUT2D eigenvalue weighted by atomic mass is 10.2. The Morgan fingerprint density at radius 2 is 1.86 bits per heavy atom. The van der Waals surface area contributed by atoms with Crippen LogP contribution in [0, 0.1) is 5.82 Å². The molecule has 2 N–H and O–H groups in total. The van der Waals surface area contributed by atoms with E-state index in [0.29, 0.717) is 12.0 Å². The standard InChI is InChI=1S/C14H15FN2O3S/c15-13-2-1-12(10-18)9-14(13)21(19,20)17-8-5-11-3-6-16-7-4-11/h1-4,6-7,9,17-18H,5,8,10H2. The predicted molar refractivity (Wildman–Crippen MR) is 75.5 cm³/mol. The topological polar surface area (TPSA) is 79.3 Å². The first-order valence-electron chi connectivity index (χ1n) is 6.31. The van der Waals surface area contributed by atoms with Gasteiger partial charge >= 0.3 is 0 Å². The number of rotatable bonds is 6. The van der Waals surface area contributed by atoms with Gasteiger partial charge in [-0.15, -0.1) is 0 Å². The fourth-order valence-electron chi connectivity index (χ4n) is 1.81. The summed E-state index contributed by atoms with van der Waals surface area (Å²) in [6.07, 6.45) is 3.71. The highest BCUT2D eigenvalue weighted by molar-refractivity contribution is 7.89. The molecule has 0 saturated carbocycles. The van der Waals surface area contributed by atoms with Gasteiger partial charge < -0.3 is 5.11 Å². The summed E-state index contributed by atoms with van der Waals surface area (Å²) in [4.78, 5) is 3.41. The van der Waals surface area contributed by atoms with Crippen LogP contribution in [0.1, 0.15) is 11.1 Å². The number of halogens is 1. The summed E-state index contributed by atoms with van der Waals surface area (Å²) in [5, 5.41) is 9.00. The van der Waals surface area contributed by atoms with Gasteiger partial charge in [0, 0.05) is 18.9 Å². The molecule has 112 valence electrons. The monoisotopic (exact) mass is 310 g/mol. The van der Waals surface area contributed by atoms with E-state index in [4.69, 9.17) is 5.11 Å². The minimum Gasteiger partial charge on any atom is -0.392 e. The average molecular weight is 310 g/mol. The van der Waals surface area contributed by atoms with Gasteiger partial charge in [-0.1, -0.05) is 6.07 Å². The largest absolute Gasteiger partial charge is 0.392 e. The summed E-state index contributed by atoms with van der Waals surface area (Å²) in [5.41, 5.74) is 1.27. The number of pyridine rings is 1. The predicted octanol–water partition coefficient (Wildman–Crippen LogP) is 1.23. The SMILES string of the molecule is O=S(=O)(NCCc1ccncc1)c1cc(CO)ccc1F. The van der Waals surface area contributed by atoms with Crippen molar-refractivity contribution < 1.29 is 17.9 Å². The van der Waals surface area contributed by atoms with Crippen LogP contribution in [0.2, 0.25) is 0 Å². The molecule has 0 atom stereocenters. The van der Waals surface area contributed by atoms with Crippen LogP contribution in [0.25, 0.3) is 0 Å². The van der Waals surface area contributed by atoms with E-state index in [2.05, 4.69) is 9.71 Å². The molecular formula is C14H15FN2O3S. The maximum absolute atomic E-state index is 13.6. The third kappa shape index (κ3) is 4.07. The summed E-state index contributed by atoms with van der Waals surface area (Å²) in [7, 11) is -3.95. The number of nitrogens with zero attached hydrogens (tertiary/aromatic N) is 1. The summed E-state index contributed by atoms with van der Waals surface area (Å²) in [6, 6.07) is 7.06. The maximum Gasteiger partial charge on any atom is 0.243 e. The summed E-state index contributed by atoms with van der Waals surface area (Å²) >= 11 is 0. The smallest absolute Gasteiger partial charge is 0.243 e. The molecule has 0 unspecified atom stereocenters. The van der Waals surface area contributed by atoms with Gasteiger partial charge in [-0.2, -0.15) is 0 Å². The number of aliphatic hydroxyl groups is 1. The van der Waals surface area contributed by atoms with E-state index in [1.54, 1.807) is 24.5 Å². The Labute approximate surface area is 122 Å². The number of nitrogens with one attached hydrogen (secondary N) is 1. The van der Waals surface area contributed by atoms with Crippen LogP contribution in [0.5, 0.6) is 0 Å². The Balaban J connectivity index is 2.08. The lowest BCUT2D eigenvalue weighted by molar-refractivity contribution is 0.281. The van der Waals surface area contributed by atoms with Gasteiger partial charge in [0.15, 0.2) is 0 Å². The number of aromatic nitrogens is 1. The number of sulfonamides is 1.